The molecule has 0 spiro atoms. The van der Waals surface area contributed by atoms with Crippen LogP contribution in [0.25, 0.3) is 6.08 Å². The molecule has 32 heavy (non-hydrogen) atoms. The van der Waals surface area contributed by atoms with E-state index in [-0.39, 0.29) is 18.3 Å². The fraction of sp³-hybridized carbons (Fsp3) is 0.522. The Hall–Kier alpha value is -1.58. The van der Waals surface area contributed by atoms with Crippen molar-refractivity contribution in [3.63, 3.8) is 0 Å². The standard InChI is InChI=1S/C23H30BrNO5S2/c1-4-6-7-12-30-21-17(24)13-16(14-18(21)28-3)15-19-22(27)25(23(31)32-19)10-8-9-20(26)29-11-5-2/h13-15H,4-12H2,1-3H3/b19-15-. The SMILES string of the molecule is CCCCCOc1c(Br)cc(/C=C2\SC(=S)N(CCCC(=O)OCCC)C2=O)cc1OC. The van der Waals surface area contributed by atoms with E-state index in [1.165, 1.54) is 16.7 Å². The summed E-state index contributed by atoms with van der Waals surface area (Å²) >= 11 is 10.2. The van der Waals surface area contributed by atoms with Crippen molar-refractivity contribution in [2.45, 2.75) is 52.4 Å². The summed E-state index contributed by atoms with van der Waals surface area (Å²) in [5.41, 5.74) is 0.804. The third-order valence-corrected chi connectivity index (χ3v) is 6.61. The molecule has 0 bridgehead atoms. The van der Waals surface area contributed by atoms with Gasteiger partial charge in [-0.3, -0.25) is 14.5 Å². The predicted octanol–water partition coefficient (Wildman–Crippen LogP) is 5.96. The molecule has 0 aromatic heterocycles. The molecule has 0 atom stereocenters. The number of ether oxygens (including phenoxy) is 3. The lowest BCUT2D eigenvalue weighted by atomic mass is 10.1. The van der Waals surface area contributed by atoms with Crippen LogP contribution in [0.15, 0.2) is 21.5 Å². The quantitative estimate of drug-likeness (QED) is 0.131. The average molecular weight is 545 g/mol. The first-order valence-electron chi connectivity index (χ1n) is 10.8. The van der Waals surface area contributed by atoms with Crippen LogP contribution in [0.2, 0.25) is 0 Å². The number of amides is 1. The highest BCUT2D eigenvalue weighted by atomic mass is 79.9. The molecule has 1 aromatic carbocycles. The van der Waals surface area contributed by atoms with Gasteiger partial charge >= 0.3 is 5.97 Å². The second-order valence-corrected chi connectivity index (χ2v) is 9.78. The van der Waals surface area contributed by atoms with Crippen molar-refractivity contribution in [2.75, 3.05) is 26.9 Å². The molecule has 2 rings (SSSR count). The molecular weight excluding hydrogens is 514 g/mol. The maximum absolute atomic E-state index is 12.8. The van der Waals surface area contributed by atoms with Crippen molar-refractivity contribution in [3.05, 3.63) is 27.1 Å². The van der Waals surface area contributed by atoms with Crippen LogP contribution in [0, 0.1) is 0 Å². The van der Waals surface area contributed by atoms with Gasteiger partial charge in [0.2, 0.25) is 0 Å². The van der Waals surface area contributed by atoms with Gasteiger partial charge in [-0.1, -0.05) is 50.7 Å². The van der Waals surface area contributed by atoms with E-state index in [9.17, 15) is 9.59 Å². The van der Waals surface area contributed by atoms with Gasteiger partial charge in [-0.15, -0.1) is 0 Å². The van der Waals surface area contributed by atoms with Gasteiger partial charge < -0.3 is 14.2 Å². The lowest BCUT2D eigenvalue weighted by Crippen LogP contribution is -2.29. The second kappa shape index (κ2) is 13.9. The van der Waals surface area contributed by atoms with E-state index in [0.717, 1.165) is 35.7 Å². The molecule has 1 heterocycles. The van der Waals surface area contributed by atoms with Gasteiger partial charge in [-0.25, -0.2) is 0 Å². The van der Waals surface area contributed by atoms with Crippen LogP contribution in [-0.4, -0.2) is 48.0 Å². The molecule has 1 aliphatic heterocycles. The van der Waals surface area contributed by atoms with Crippen molar-refractivity contribution in [2.24, 2.45) is 0 Å². The van der Waals surface area contributed by atoms with Gasteiger partial charge in [0.05, 0.1) is 29.7 Å². The van der Waals surface area contributed by atoms with Crippen molar-refractivity contribution in [1.29, 1.82) is 0 Å². The number of unbranched alkanes of at least 4 members (excludes halogenated alkanes) is 2. The van der Waals surface area contributed by atoms with Crippen LogP contribution in [0.4, 0.5) is 0 Å². The Kier molecular flexibility index (Phi) is 11.5. The van der Waals surface area contributed by atoms with Crippen LogP contribution in [0.1, 0.15) is 57.9 Å². The fourth-order valence-corrected chi connectivity index (χ4v) is 4.89. The van der Waals surface area contributed by atoms with Gasteiger partial charge in [-0.2, -0.15) is 0 Å². The molecule has 1 aliphatic rings. The lowest BCUT2D eigenvalue weighted by Gasteiger charge is -2.14. The normalized spacial score (nSPS) is 14.9. The lowest BCUT2D eigenvalue weighted by molar-refractivity contribution is -0.144. The summed E-state index contributed by atoms with van der Waals surface area (Å²) in [5, 5.41) is 0. The zero-order chi connectivity index (χ0) is 23.5. The van der Waals surface area contributed by atoms with E-state index in [4.69, 9.17) is 26.4 Å². The summed E-state index contributed by atoms with van der Waals surface area (Å²) in [7, 11) is 1.59. The third kappa shape index (κ3) is 7.78. The van der Waals surface area contributed by atoms with Crippen LogP contribution in [0.3, 0.4) is 0 Å². The minimum absolute atomic E-state index is 0.156. The van der Waals surface area contributed by atoms with E-state index in [0.29, 0.717) is 46.9 Å². The molecule has 1 saturated heterocycles. The van der Waals surface area contributed by atoms with Crippen molar-refractivity contribution < 1.29 is 23.8 Å². The Labute approximate surface area is 208 Å². The van der Waals surface area contributed by atoms with Gasteiger partial charge in [0.1, 0.15) is 4.32 Å². The predicted molar refractivity (Wildman–Crippen MR) is 136 cm³/mol. The van der Waals surface area contributed by atoms with E-state index in [1.807, 2.05) is 19.1 Å². The topological polar surface area (TPSA) is 65.1 Å². The molecule has 0 radical (unpaired) electrons. The molecule has 1 aromatic rings. The van der Waals surface area contributed by atoms with E-state index < -0.39 is 0 Å². The molecule has 0 aliphatic carbocycles. The molecule has 0 unspecified atom stereocenters. The molecular formula is C23H30BrNO5S2. The largest absolute Gasteiger partial charge is 0.493 e. The smallest absolute Gasteiger partial charge is 0.305 e. The van der Waals surface area contributed by atoms with Crippen LogP contribution < -0.4 is 9.47 Å². The Bertz CT molecular complexity index is 859. The number of hydrogen-bond acceptors (Lipinski definition) is 7. The number of rotatable bonds is 13. The van der Waals surface area contributed by atoms with Gasteiger partial charge in [0.15, 0.2) is 11.5 Å². The molecule has 0 saturated carbocycles. The fourth-order valence-electron chi connectivity index (χ4n) is 3.00. The van der Waals surface area contributed by atoms with Gasteiger partial charge in [-0.05, 0) is 59.0 Å². The first-order valence-corrected chi connectivity index (χ1v) is 12.8. The van der Waals surface area contributed by atoms with Gasteiger partial charge in [0.25, 0.3) is 5.91 Å². The average Bonchev–Trinajstić information content (AvgIpc) is 3.03. The number of benzene rings is 1. The van der Waals surface area contributed by atoms with E-state index in [1.54, 1.807) is 13.2 Å². The number of carbonyl (C=O) groups is 2. The summed E-state index contributed by atoms with van der Waals surface area (Å²) in [6.45, 7) is 5.52. The van der Waals surface area contributed by atoms with Crippen molar-refractivity contribution in [1.82, 2.24) is 4.90 Å². The minimum Gasteiger partial charge on any atom is -0.493 e. The Morgan fingerprint density at radius 1 is 1.19 bits per heavy atom. The Balaban J connectivity index is 2.05. The number of thiocarbonyl (C=S) groups is 1. The molecule has 1 fully saturated rings. The number of carbonyl (C=O) groups excluding carboxylic acids is 2. The van der Waals surface area contributed by atoms with Crippen LogP contribution in [-0.2, 0) is 14.3 Å². The molecule has 0 N–H and O–H groups in total. The molecule has 176 valence electrons. The van der Waals surface area contributed by atoms with E-state index >= 15 is 0 Å². The molecule has 1 amide bonds. The zero-order valence-electron chi connectivity index (χ0n) is 18.8. The number of thioether (sulfide) groups is 1. The summed E-state index contributed by atoms with van der Waals surface area (Å²) in [4.78, 5) is 26.6. The number of halogens is 1. The molecule has 9 heteroatoms. The van der Waals surface area contributed by atoms with Crippen molar-refractivity contribution in [3.8, 4) is 11.5 Å². The summed E-state index contributed by atoms with van der Waals surface area (Å²) in [6, 6.07) is 3.74. The number of methoxy groups -OCH3 is 1. The first-order chi connectivity index (χ1) is 15.4. The van der Waals surface area contributed by atoms with Crippen LogP contribution in [0.5, 0.6) is 11.5 Å². The zero-order valence-corrected chi connectivity index (χ0v) is 22.0. The highest BCUT2D eigenvalue weighted by Crippen LogP contribution is 2.39. The maximum Gasteiger partial charge on any atom is 0.305 e. The minimum atomic E-state index is -0.248. The number of esters is 1. The Morgan fingerprint density at radius 2 is 1.97 bits per heavy atom. The Morgan fingerprint density at radius 3 is 2.66 bits per heavy atom. The first kappa shape index (κ1) is 26.7. The summed E-state index contributed by atoms with van der Waals surface area (Å²) < 4.78 is 17.7. The highest BCUT2D eigenvalue weighted by Gasteiger charge is 2.31. The molecule has 6 nitrogen and oxygen atoms in total. The number of hydrogen-bond donors (Lipinski definition) is 0. The summed E-state index contributed by atoms with van der Waals surface area (Å²) in [6.07, 6.45) is 6.57. The van der Waals surface area contributed by atoms with Crippen LogP contribution >= 0.6 is 39.9 Å². The number of nitrogens with zero attached hydrogens (tertiary/aromatic N) is 1. The third-order valence-electron chi connectivity index (χ3n) is 4.65. The summed E-state index contributed by atoms with van der Waals surface area (Å²) in [5.74, 6) is 0.852. The van der Waals surface area contributed by atoms with Gasteiger partial charge in [0, 0.05) is 13.0 Å². The van der Waals surface area contributed by atoms with Crippen molar-refractivity contribution >= 4 is 62.2 Å². The maximum atomic E-state index is 12.8. The van der Waals surface area contributed by atoms with E-state index in [2.05, 4.69) is 22.9 Å². The highest BCUT2D eigenvalue weighted by molar-refractivity contribution is 9.10. The monoisotopic (exact) mass is 543 g/mol. The second-order valence-electron chi connectivity index (χ2n) is 7.25.